The minimum Gasteiger partial charge on any atom is -0.379 e. The van der Waals surface area contributed by atoms with E-state index in [2.05, 4.69) is 24.0 Å². The number of hydrogen-bond donors (Lipinski definition) is 0. The van der Waals surface area contributed by atoms with E-state index in [1.54, 1.807) is 0 Å². The van der Waals surface area contributed by atoms with Gasteiger partial charge in [-0.2, -0.15) is 0 Å². The van der Waals surface area contributed by atoms with Crippen LogP contribution in [0.25, 0.3) is 0 Å². The van der Waals surface area contributed by atoms with Crippen LogP contribution in [0.1, 0.15) is 28.4 Å². The average molecular weight is 352 g/mol. The van der Waals surface area contributed by atoms with Crippen LogP contribution in [0, 0.1) is 6.92 Å². The van der Waals surface area contributed by atoms with Crippen LogP contribution in [0.15, 0.2) is 54.6 Å². The van der Waals surface area contributed by atoms with Gasteiger partial charge in [-0.1, -0.05) is 48.5 Å². The molecule has 1 aliphatic rings. The molecule has 1 aliphatic heterocycles. The topological polar surface area (TPSA) is 32.8 Å². The Morgan fingerprint density at radius 2 is 1.73 bits per heavy atom. The summed E-state index contributed by atoms with van der Waals surface area (Å²) in [5.74, 6) is 0.104. The lowest BCUT2D eigenvalue weighted by Gasteiger charge is -2.35. The predicted molar refractivity (Wildman–Crippen MR) is 104 cm³/mol. The van der Waals surface area contributed by atoms with Gasteiger partial charge in [-0.15, -0.1) is 0 Å². The van der Waals surface area contributed by atoms with Gasteiger partial charge in [0.2, 0.25) is 0 Å². The van der Waals surface area contributed by atoms with Gasteiger partial charge < -0.3 is 9.64 Å². The molecule has 0 bridgehead atoms. The Bertz CT molecular complexity index is 711. The zero-order valence-electron chi connectivity index (χ0n) is 15.7. The molecule has 1 heterocycles. The summed E-state index contributed by atoms with van der Waals surface area (Å²) in [6, 6.07) is 18.2. The summed E-state index contributed by atoms with van der Waals surface area (Å²) in [7, 11) is 0. The van der Waals surface area contributed by atoms with Crippen LogP contribution in [0.2, 0.25) is 0 Å². The molecule has 4 heteroatoms. The number of hydrogen-bond acceptors (Lipinski definition) is 3. The van der Waals surface area contributed by atoms with E-state index in [9.17, 15) is 4.79 Å². The van der Waals surface area contributed by atoms with E-state index in [0.29, 0.717) is 6.54 Å². The van der Waals surface area contributed by atoms with Gasteiger partial charge in [0.05, 0.1) is 13.2 Å². The van der Waals surface area contributed by atoms with Crippen LogP contribution in [0.5, 0.6) is 0 Å². The average Bonchev–Trinajstić information content (AvgIpc) is 2.67. The largest absolute Gasteiger partial charge is 0.379 e. The molecule has 0 aliphatic carbocycles. The minimum absolute atomic E-state index is 0.104. The van der Waals surface area contributed by atoms with E-state index >= 15 is 0 Å². The van der Waals surface area contributed by atoms with E-state index in [-0.39, 0.29) is 11.9 Å². The second-order valence-corrected chi connectivity index (χ2v) is 7.00. The first-order chi connectivity index (χ1) is 12.6. The Balaban J connectivity index is 1.80. The molecule has 138 valence electrons. The number of ether oxygens (including phenoxy) is 1. The second kappa shape index (κ2) is 8.97. The third-order valence-corrected chi connectivity index (χ3v) is 4.99. The van der Waals surface area contributed by atoms with Crippen molar-refractivity contribution >= 4 is 5.91 Å². The zero-order chi connectivity index (χ0) is 18.4. The molecule has 2 aromatic rings. The molecule has 0 saturated carbocycles. The standard InChI is InChI=1S/C22H28N2O2/c1-18-8-6-7-11-21(18)22(25)24(17-20-9-4-3-5-10-20)19(2)16-23-12-14-26-15-13-23/h3-11,19H,12-17H2,1-2H3. The Morgan fingerprint density at radius 3 is 2.42 bits per heavy atom. The second-order valence-electron chi connectivity index (χ2n) is 7.00. The minimum atomic E-state index is 0.104. The van der Waals surface area contributed by atoms with Crippen molar-refractivity contribution in [2.24, 2.45) is 0 Å². The van der Waals surface area contributed by atoms with Crippen LogP contribution >= 0.6 is 0 Å². The molecule has 1 saturated heterocycles. The highest BCUT2D eigenvalue weighted by atomic mass is 16.5. The maximum atomic E-state index is 13.3. The quantitative estimate of drug-likeness (QED) is 0.799. The van der Waals surface area contributed by atoms with Gasteiger partial charge in [0.15, 0.2) is 0 Å². The maximum absolute atomic E-state index is 13.3. The maximum Gasteiger partial charge on any atom is 0.254 e. The van der Waals surface area contributed by atoms with Crippen molar-refractivity contribution in [3.05, 3.63) is 71.3 Å². The number of amides is 1. The van der Waals surface area contributed by atoms with Gasteiger partial charge >= 0.3 is 0 Å². The normalized spacial score (nSPS) is 16.2. The Kier molecular flexibility index (Phi) is 6.42. The third kappa shape index (κ3) is 4.71. The molecule has 4 nitrogen and oxygen atoms in total. The first-order valence-corrected chi connectivity index (χ1v) is 9.36. The molecular weight excluding hydrogens is 324 g/mol. The van der Waals surface area contributed by atoms with E-state index in [4.69, 9.17) is 4.74 Å². The number of carbonyl (C=O) groups is 1. The molecule has 1 amide bonds. The zero-order valence-corrected chi connectivity index (χ0v) is 15.7. The van der Waals surface area contributed by atoms with E-state index in [1.807, 2.05) is 54.3 Å². The van der Waals surface area contributed by atoms with E-state index < -0.39 is 0 Å². The van der Waals surface area contributed by atoms with Gasteiger partial charge in [0.1, 0.15) is 0 Å². The SMILES string of the molecule is Cc1ccccc1C(=O)N(Cc1ccccc1)C(C)CN1CCOCC1. The highest BCUT2D eigenvalue weighted by Gasteiger charge is 2.25. The van der Waals surface area contributed by atoms with Crippen molar-refractivity contribution in [3.8, 4) is 0 Å². The van der Waals surface area contributed by atoms with Crippen molar-refractivity contribution in [2.45, 2.75) is 26.4 Å². The van der Waals surface area contributed by atoms with Gasteiger partial charge in [0.25, 0.3) is 5.91 Å². The summed E-state index contributed by atoms with van der Waals surface area (Å²) in [5.41, 5.74) is 2.97. The number of carbonyl (C=O) groups excluding carboxylic acids is 1. The van der Waals surface area contributed by atoms with Crippen LogP contribution in [0.4, 0.5) is 0 Å². The molecule has 1 unspecified atom stereocenters. The number of benzene rings is 2. The van der Waals surface area contributed by atoms with Crippen molar-refractivity contribution in [3.63, 3.8) is 0 Å². The van der Waals surface area contributed by atoms with Crippen LogP contribution in [0.3, 0.4) is 0 Å². The van der Waals surface area contributed by atoms with Crippen LogP contribution in [-0.4, -0.2) is 54.6 Å². The van der Waals surface area contributed by atoms with Crippen LogP contribution < -0.4 is 0 Å². The summed E-state index contributed by atoms with van der Waals surface area (Å²) < 4.78 is 5.45. The summed E-state index contributed by atoms with van der Waals surface area (Å²) in [6.45, 7) is 9.06. The first kappa shape index (κ1) is 18.6. The number of morpholine rings is 1. The molecule has 26 heavy (non-hydrogen) atoms. The van der Waals surface area contributed by atoms with Crippen LogP contribution in [-0.2, 0) is 11.3 Å². The first-order valence-electron chi connectivity index (χ1n) is 9.36. The molecule has 0 N–H and O–H groups in total. The van der Waals surface area contributed by atoms with Crippen molar-refractivity contribution in [1.29, 1.82) is 0 Å². The Hall–Kier alpha value is -2.17. The molecule has 0 aromatic heterocycles. The predicted octanol–water partition coefficient (Wildman–Crippen LogP) is 3.36. The van der Waals surface area contributed by atoms with E-state index in [1.165, 1.54) is 0 Å². The van der Waals surface area contributed by atoms with Crippen molar-refractivity contribution < 1.29 is 9.53 Å². The molecule has 0 spiro atoms. The lowest BCUT2D eigenvalue weighted by molar-refractivity contribution is 0.0228. The van der Waals surface area contributed by atoms with Gasteiger partial charge in [-0.05, 0) is 31.0 Å². The van der Waals surface area contributed by atoms with Crippen molar-refractivity contribution in [2.75, 3.05) is 32.8 Å². The molecular formula is C22H28N2O2. The fourth-order valence-corrected chi connectivity index (χ4v) is 3.43. The monoisotopic (exact) mass is 352 g/mol. The third-order valence-electron chi connectivity index (χ3n) is 4.99. The smallest absolute Gasteiger partial charge is 0.254 e. The summed E-state index contributed by atoms with van der Waals surface area (Å²) in [5, 5.41) is 0. The lowest BCUT2D eigenvalue weighted by Crippen LogP contribution is -2.48. The highest BCUT2D eigenvalue weighted by Crippen LogP contribution is 2.17. The molecule has 1 fully saturated rings. The van der Waals surface area contributed by atoms with Gasteiger partial charge in [0, 0.05) is 37.8 Å². The summed E-state index contributed by atoms with van der Waals surface area (Å²) in [4.78, 5) is 17.7. The molecule has 0 radical (unpaired) electrons. The Morgan fingerprint density at radius 1 is 1.08 bits per heavy atom. The molecule has 3 rings (SSSR count). The summed E-state index contributed by atoms with van der Waals surface area (Å²) >= 11 is 0. The fourth-order valence-electron chi connectivity index (χ4n) is 3.43. The molecule has 1 atom stereocenters. The number of aryl methyl sites for hydroxylation is 1. The molecule has 2 aromatic carbocycles. The lowest BCUT2D eigenvalue weighted by atomic mass is 10.1. The van der Waals surface area contributed by atoms with E-state index in [0.717, 1.165) is 49.5 Å². The number of rotatable bonds is 6. The highest BCUT2D eigenvalue weighted by molar-refractivity contribution is 5.95. The Labute approximate surface area is 156 Å². The fraction of sp³-hybridized carbons (Fsp3) is 0.409. The number of nitrogens with zero attached hydrogens (tertiary/aromatic N) is 2. The van der Waals surface area contributed by atoms with Crippen molar-refractivity contribution in [1.82, 2.24) is 9.80 Å². The summed E-state index contributed by atoms with van der Waals surface area (Å²) in [6.07, 6.45) is 0. The van der Waals surface area contributed by atoms with Gasteiger partial charge in [-0.3, -0.25) is 9.69 Å². The van der Waals surface area contributed by atoms with Gasteiger partial charge in [-0.25, -0.2) is 0 Å².